The summed E-state index contributed by atoms with van der Waals surface area (Å²) in [6.45, 7) is 0.573. The number of aromatic nitrogens is 3. The molecule has 1 fully saturated rings. The molecular weight excluding hydrogens is 254 g/mol. The van der Waals surface area contributed by atoms with Crippen molar-refractivity contribution in [2.75, 3.05) is 5.32 Å². The van der Waals surface area contributed by atoms with Gasteiger partial charge in [-0.15, -0.1) is 0 Å². The third kappa shape index (κ3) is 1.93. The fourth-order valence-corrected chi connectivity index (χ4v) is 2.82. The molecular formula is C14H15N5O. The summed E-state index contributed by atoms with van der Waals surface area (Å²) in [6.07, 6.45) is 5.82. The number of rotatable bonds is 3. The Balaban J connectivity index is 1.72. The van der Waals surface area contributed by atoms with Crippen molar-refractivity contribution >= 4 is 11.7 Å². The van der Waals surface area contributed by atoms with Gasteiger partial charge >= 0.3 is 6.03 Å². The highest BCUT2D eigenvalue weighted by Crippen LogP contribution is 2.43. The molecule has 20 heavy (non-hydrogen) atoms. The molecule has 2 heterocycles. The molecule has 1 saturated carbocycles. The first kappa shape index (κ1) is 11.5. The van der Waals surface area contributed by atoms with Crippen LogP contribution in [0.3, 0.4) is 0 Å². The van der Waals surface area contributed by atoms with E-state index in [0.717, 1.165) is 11.3 Å². The topological polar surface area (TPSA) is 71.8 Å². The van der Waals surface area contributed by atoms with Crippen molar-refractivity contribution in [3.8, 4) is 0 Å². The number of carbonyl (C=O) groups excluding carboxylic acids is 1. The van der Waals surface area contributed by atoms with E-state index >= 15 is 0 Å². The van der Waals surface area contributed by atoms with Gasteiger partial charge in [0.1, 0.15) is 12.7 Å². The second-order valence-electron chi connectivity index (χ2n) is 5.38. The van der Waals surface area contributed by atoms with Gasteiger partial charge in [0, 0.05) is 12.2 Å². The lowest BCUT2D eigenvalue weighted by Gasteiger charge is -2.22. The average Bonchev–Trinajstić information content (AvgIpc) is 3.14. The van der Waals surface area contributed by atoms with E-state index in [-0.39, 0.29) is 12.1 Å². The summed E-state index contributed by atoms with van der Waals surface area (Å²) in [6, 6.07) is 6.33. The van der Waals surface area contributed by atoms with Crippen LogP contribution < -0.4 is 10.6 Å². The van der Waals surface area contributed by atoms with E-state index in [9.17, 15) is 4.79 Å². The maximum atomic E-state index is 11.3. The molecule has 2 aromatic rings. The Morgan fingerprint density at radius 2 is 2.25 bits per heavy atom. The second-order valence-corrected chi connectivity index (χ2v) is 5.38. The van der Waals surface area contributed by atoms with Gasteiger partial charge in [-0.3, -0.25) is 0 Å². The zero-order valence-electron chi connectivity index (χ0n) is 10.9. The van der Waals surface area contributed by atoms with E-state index in [0.29, 0.717) is 12.5 Å². The number of fused-ring (bicyclic) bond motifs is 1. The number of amides is 2. The van der Waals surface area contributed by atoms with Crippen LogP contribution >= 0.6 is 0 Å². The minimum Gasteiger partial charge on any atom is -0.334 e. The largest absolute Gasteiger partial charge is 0.334 e. The summed E-state index contributed by atoms with van der Waals surface area (Å²) in [5.74, 6) is 0.640. The lowest BCUT2D eigenvalue weighted by atomic mass is 9.98. The lowest BCUT2D eigenvalue weighted by Crippen LogP contribution is -2.33. The van der Waals surface area contributed by atoms with Crippen molar-refractivity contribution in [1.82, 2.24) is 20.1 Å². The Morgan fingerprint density at radius 3 is 3.00 bits per heavy atom. The maximum absolute atomic E-state index is 11.3. The van der Waals surface area contributed by atoms with E-state index in [4.69, 9.17) is 0 Å². The van der Waals surface area contributed by atoms with E-state index < -0.39 is 0 Å². The van der Waals surface area contributed by atoms with Crippen molar-refractivity contribution in [3.63, 3.8) is 0 Å². The molecule has 0 saturated heterocycles. The third-order valence-electron chi connectivity index (χ3n) is 3.95. The van der Waals surface area contributed by atoms with E-state index in [2.05, 4.69) is 32.8 Å². The van der Waals surface area contributed by atoms with Gasteiger partial charge in [0.2, 0.25) is 0 Å². The van der Waals surface area contributed by atoms with Crippen molar-refractivity contribution < 1.29 is 4.79 Å². The average molecular weight is 269 g/mol. The number of nitrogens with one attached hydrogen (secondary N) is 2. The molecule has 2 N–H and O–H groups in total. The summed E-state index contributed by atoms with van der Waals surface area (Å²) in [5.41, 5.74) is 3.24. The summed E-state index contributed by atoms with van der Waals surface area (Å²) < 4.78 is 1.94. The molecule has 102 valence electrons. The SMILES string of the molecule is O=C1NCc2cc(C(C3CC3)n3cncn3)ccc2N1. The van der Waals surface area contributed by atoms with Crippen LogP contribution in [0, 0.1) is 5.92 Å². The van der Waals surface area contributed by atoms with Gasteiger partial charge < -0.3 is 10.6 Å². The molecule has 4 rings (SSSR count). The van der Waals surface area contributed by atoms with Gasteiger partial charge in [-0.2, -0.15) is 5.10 Å². The standard InChI is InChI=1S/C14H15N5O/c20-14-16-6-11-5-10(3-4-12(11)18-14)13(9-1-2-9)19-8-15-7-17-19/h3-5,7-9,13H,1-2,6H2,(H2,16,18,20). The van der Waals surface area contributed by atoms with Gasteiger partial charge in [-0.25, -0.2) is 14.5 Å². The molecule has 1 aromatic carbocycles. The molecule has 2 aliphatic rings. The molecule has 1 atom stereocenters. The van der Waals surface area contributed by atoms with Crippen LogP contribution in [0.2, 0.25) is 0 Å². The Labute approximate surface area is 116 Å². The number of benzene rings is 1. The van der Waals surface area contributed by atoms with E-state index in [1.54, 1.807) is 12.7 Å². The molecule has 1 aliphatic heterocycles. The molecule has 1 aromatic heterocycles. The molecule has 0 spiro atoms. The zero-order chi connectivity index (χ0) is 13.5. The second kappa shape index (κ2) is 4.33. The predicted octanol–water partition coefficient (Wildman–Crippen LogP) is 1.91. The summed E-state index contributed by atoms with van der Waals surface area (Å²) in [5, 5.41) is 9.92. The first-order valence-corrected chi connectivity index (χ1v) is 6.83. The van der Waals surface area contributed by atoms with Crippen molar-refractivity contribution in [2.45, 2.75) is 25.4 Å². The number of urea groups is 1. The maximum Gasteiger partial charge on any atom is 0.319 e. The minimum atomic E-state index is -0.139. The Hall–Kier alpha value is -2.37. The number of hydrogen-bond donors (Lipinski definition) is 2. The van der Waals surface area contributed by atoms with Crippen LogP contribution in [0.4, 0.5) is 10.5 Å². The van der Waals surface area contributed by atoms with E-state index in [1.165, 1.54) is 18.4 Å². The molecule has 0 bridgehead atoms. The minimum absolute atomic E-state index is 0.139. The number of anilines is 1. The first-order chi connectivity index (χ1) is 9.81. The quantitative estimate of drug-likeness (QED) is 0.894. The van der Waals surface area contributed by atoms with Gasteiger partial charge in [0.25, 0.3) is 0 Å². The van der Waals surface area contributed by atoms with Crippen LogP contribution in [-0.2, 0) is 6.54 Å². The Bertz CT molecular complexity index is 648. The van der Waals surface area contributed by atoms with Crippen molar-refractivity contribution in [3.05, 3.63) is 42.0 Å². The third-order valence-corrected chi connectivity index (χ3v) is 3.95. The Morgan fingerprint density at radius 1 is 1.35 bits per heavy atom. The molecule has 2 amide bonds. The summed E-state index contributed by atoms with van der Waals surface area (Å²) >= 11 is 0. The van der Waals surface area contributed by atoms with Gasteiger partial charge in [0.15, 0.2) is 0 Å². The van der Waals surface area contributed by atoms with Gasteiger partial charge in [0.05, 0.1) is 6.04 Å². The van der Waals surface area contributed by atoms with Crippen LogP contribution in [0.1, 0.15) is 30.0 Å². The lowest BCUT2D eigenvalue weighted by molar-refractivity contribution is 0.251. The molecule has 0 radical (unpaired) electrons. The van der Waals surface area contributed by atoms with Crippen molar-refractivity contribution in [1.29, 1.82) is 0 Å². The first-order valence-electron chi connectivity index (χ1n) is 6.83. The monoisotopic (exact) mass is 269 g/mol. The number of nitrogens with zero attached hydrogens (tertiary/aromatic N) is 3. The smallest absolute Gasteiger partial charge is 0.319 e. The van der Waals surface area contributed by atoms with Crippen LogP contribution in [-0.4, -0.2) is 20.8 Å². The highest BCUT2D eigenvalue weighted by Gasteiger charge is 2.34. The summed E-state index contributed by atoms with van der Waals surface area (Å²) in [7, 11) is 0. The highest BCUT2D eigenvalue weighted by atomic mass is 16.2. The molecule has 1 aliphatic carbocycles. The fraction of sp³-hybridized carbons (Fsp3) is 0.357. The Kier molecular flexibility index (Phi) is 2.48. The molecule has 6 nitrogen and oxygen atoms in total. The molecule has 6 heteroatoms. The fourth-order valence-electron chi connectivity index (χ4n) is 2.82. The van der Waals surface area contributed by atoms with Gasteiger partial charge in [-0.05, 0) is 42.0 Å². The van der Waals surface area contributed by atoms with Crippen LogP contribution in [0.15, 0.2) is 30.9 Å². The summed E-state index contributed by atoms with van der Waals surface area (Å²) in [4.78, 5) is 15.4. The number of hydrogen-bond acceptors (Lipinski definition) is 3. The molecule has 1 unspecified atom stereocenters. The van der Waals surface area contributed by atoms with Crippen LogP contribution in [0.5, 0.6) is 0 Å². The van der Waals surface area contributed by atoms with E-state index in [1.807, 2.05) is 10.7 Å². The highest BCUT2D eigenvalue weighted by molar-refractivity contribution is 5.92. The number of carbonyl (C=O) groups is 1. The zero-order valence-corrected chi connectivity index (χ0v) is 10.9. The predicted molar refractivity (Wildman–Crippen MR) is 73.2 cm³/mol. The van der Waals surface area contributed by atoms with Gasteiger partial charge in [-0.1, -0.05) is 6.07 Å². The van der Waals surface area contributed by atoms with Crippen molar-refractivity contribution in [2.24, 2.45) is 5.92 Å². The normalized spacial score (nSPS) is 18.9. The van der Waals surface area contributed by atoms with Crippen LogP contribution in [0.25, 0.3) is 0 Å².